The van der Waals surface area contributed by atoms with E-state index in [1.165, 1.54) is 0 Å². The second kappa shape index (κ2) is 10.0. The van der Waals surface area contributed by atoms with Gasteiger partial charge in [-0.15, -0.1) is 12.4 Å². The molecule has 8 heteroatoms. The van der Waals surface area contributed by atoms with Gasteiger partial charge < -0.3 is 28.0 Å². The van der Waals surface area contributed by atoms with Crippen LogP contribution in [0.1, 0.15) is 0 Å². The molecule has 3 N–H and O–H groups in total. The van der Waals surface area contributed by atoms with Crippen LogP contribution in [0.3, 0.4) is 0 Å². The second-order valence-corrected chi connectivity index (χ2v) is 3.74. The van der Waals surface area contributed by atoms with Gasteiger partial charge in [0.25, 0.3) is 0 Å². The van der Waals surface area contributed by atoms with Crippen molar-refractivity contribution in [1.29, 1.82) is 0 Å². The van der Waals surface area contributed by atoms with Crippen molar-refractivity contribution in [3.63, 3.8) is 0 Å². The van der Waals surface area contributed by atoms with E-state index >= 15 is 0 Å². The van der Waals surface area contributed by atoms with Crippen LogP contribution in [0.15, 0.2) is 0 Å². The van der Waals surface area contributed by atoms with Gasteiger partial charge >= 0.3 is 5.97 Å². The molecule has 16 heavy (non-hydrogen) atoms. The number of nitrogens with zero attached hydrogens (tertiary/aromatic N) is 1. The topological polar surface area (TPSA) is 72.5 Å². The first-order valence-electron chi connectivity index (χ1n) is 4.34. The third kappa shape index (κ3) is 9.11. The monoisotopic (exact) mass is 280 g/mol. The van der Waals surface area contributed by atoms with Crippen molar-refractivity contribution in [2.75, 3.05) is 40.7 Å². The highest BCUT2D eigenvalue weighted by atomic mass is 35.5. The number of hydrogen-bond acceptors (Lipinski definition) is 4. The van der Waals surface area contributed by atoms with Crippen LogP contribution in [0.25, 0.3) is 0 Å². The third-order valence-corrected chi connectivity index (χ3v) is 1.76. The van der Waals surface area contributed by atoms with E-state index in [1.54, 1.807) is 14.1 Å². The lowest BCUT2D eigenvalue weighted by atomic mass is 10.3. The van der Waals surface area contributed by atoms with Gasteiger partial charge in [0.05, 0.1) is 20.7 Å². The van der Waals surface area contributed by atoms with Gasteiger partial charge in [0.1, 0.15) is 19.2 Å². The number of halogens is 3. The molecule has 0 spiro atoms. The first-order chi connectivity index (χ1) is 6.43. The number of aliphatic hydroxyl groups is 1. The zero-order valence-electron chi connectivity index (χ0n) is 9.36. The summed E-state index contributed by atoms with van der Waals surface area (Å²) in [6.07, 6.45) is 0. The molecule has 100 valence electrons. The molecule has 1 unspecified atom stereocenters. The smallest absolute Gasteiger partial charge is 0.325 e. The lowest BCUT2D eigenvalue weighted by Crippen LogP contribution is -3.00. The molecular formula is C8H19Cl2FN2O3. The SMILES string of the molecule is C[N+](C)(CF)CCOC(=O)C(N)CO.Cl.[Cl-]. The van der Waals surface area contributed by atoms with Crippen LogP contribution < -0.4 is 18.1 Å². The highest BCUT2D eigenvalue weighted by molar-refractivity contribution is 5.85. The van der Waals surface area contributed by atoms with E-state index in [2.05, 4.69) is 0 Å². The summed E-state index contributed by atoms with van der Waals surface area (Å²) in [4.78, 5) is 10.9. The Labute approximate surface area is 107 Å². The quantitative estimate of drug-likeness (QED) is 0.298. The molecule has 0 saturated heterocycles. The molecule has 0 amide bonds. The largest absolute Gasteiger partial charge is 1.00 e. The molecule has 1 atom stereocenters. The summed E-state index contributed by atoms with van der Waals surface area (Å²) in [5, 5.41) is 8.52. The molecule has 0 bridgehead atoms. The van der Waals surface area contributed by atoms with Gasteiger partial charge in [-0.3, -0.25) is 9.28 Å². The van der Waals surface area contributed by atoms with Crippen LogP contribution in [-0.2, 0) is 9.53 Å². The van der Waals surface area contributed by atoms with E-state index in [9.17, 15) is 9.18 Å². The Balaban J connectivity index is -0.000000845. The Hall–Kier alpha value is -0.140. The summed E-state index contributed by atoms with van der Waals surface area (Å²) in [6, 6.07) is -1.00. The van der Waals surface area contributed by atoms with Crippen molar-refractivity contribution >= 4 is 18.4 Å². The molecule has 0 aromatic carbocycles. The highest BCUT2D eigenvalue weighted by Crippen LogP contribution is 1.97. The summed E-state index contributed by atoms with van der Waals surface area (Å²) in [5.74, 6) is -0.661. The number of aliphatic hydroxyl groups excluding tert-OH is 1. The van der Waals surface area contributed by atoms with Crippen LogP contribution in [0.4, 0.5) is 4.39 Å². The van der Waals surface area contributed by atoms with E-state index < -0.39 is 25.4 Å². The average molecular weight is 281 g/mol. The summed E-state index contributed by atoms with van der Waals surface area (Å²) in [5.41, 5.74) is 5.20. The zero-order chi connectivity index (χ0) is 11.2. The third-order valence-electron chi connectivity index (χ3n) is 1.76. The van der Waals surface area contributed by atoms with Crippen LogP contribution >= 0.6 is 12.4 Å². The van der Waals surface area contributed by atoms with Crippen molar-refractivity contribution in [1.82, 2.24) is 0 Å². The van der Waals surface area contributed by atoms with Crippen molar-refractivity contribution < 1.29 is 35.9 Å². The number of ether oxygens (including phenoxy) is 1. The summed E-state index contributed by atoms with van der Waals surface area (Å²) >= 11 is 0. The van der Waals surface area contributed by atoms with E-state index in [-0.39, 0.29) is 35.9 Å². The van der Waals surface area contributed by atoms with Gasteiger partial charge in [-0.05, 0) is 0 Å². The summed E-state index contributed by atoms with van der Waals surface area (Å²) < 4.78 is 17.1. The van der Waals surface area contributed by atoms with Crippen molar-refractivity contribution in [3.05, 3.63) is 0 Å². The normalized spacial score (nSPS) is 12.1. The lowest BCUT2D eigenvalue weighted by Gasteiger charge is -2.25. The van der Waals surface area contributed by atoms with Crippen molar-refractivity contribution in [2.24, 2.45) is 5.73 Å². The number of likely N-dealkylation sites (N-methyl/N-ethyl adjacent to an activating group) is 1. The number of alkyl halides is 1. The number of carbonyl (C=O) groups excluding carboxylic acids is 1. The van der Waals surface area contributed by atoms with Gasteiger partial charge in [-0.2, -0.15) is 4.39 Å². The second-order valence-electron chi connectivity index (χ2n) is 3.74. The molecule has 0 rings (SSSR count). The molecule has 0 aliphatic heterocycles. The van der Waals surface area contributed by atoms with Crippen LogP contribution in [0.2, 0.25) is 0 Å². The standard InChI is InChI=1S/C8H18FN2O3.2ClH/c1-11(2,6-9)3-4-14-8(13)7(10)5-12;;/h7,12H,3-6,10H2,1-2H3;2*1H/q+1;;/p-1. The minimum atomic E-state index is -1.00. The van der Waals surface area contributed by atoms with Gasteiger partial charge in [0.2, 0.25) is 6.80 Å². The molecule has 0 fully saturated rings. The Bertz CT molecular complexity index is 196. The minimum absolute atomic E-state index is 0. The molecule has 0 heterocycles. The molecule has 0 aromatic heterocycles. The maximum atomic E-state index is 12.3. The number of hydrogen-bond donors (Lipinski definition) is 2. The van der Waals surface area contributed by atoms with Gasteiger partial charge in [0, 0.05) is 0 Å². The van der Waals surface area contributed by atoms with E-state index in [4.69, 9.17) is 15.6 Å². The van der Waals surface area contributed by atoms with Crippen LogP contribution in [0, 0.1) is 0 Å². The fourth-order valence-electron chi connectivity index (χ4n) is 0.635. The number of rotatable bonds is 6. The molecule has 0 aliphatic rings. The number of quaternary nitrogens is 1. The molecular weight excluding hydrogens is 262 g/mol. The molecule has 5 nitrogen and oxygen atoms in total. The van der Waals surface area contributed by atoms with Gasteiger partial charge in [0.15, 0.2) is 0 Å². The van der Waals surface area contributed by atoms with Crippen LogP contribution in [-0.4, -0.2) is 62.3 Å². The highest BCUT2D eigenvalue weighted by Gasteiger charge is 2.17. The molecule has 0 aromatic rings. The Morgan fingerprint density at radius 1 is 1.56 bits per heavy atom. The van der Waals surface area contributed by atoms with Crippen molar-refractivity contribution in [3.8, 4) is 0 Å². The van der Waals surface area contributed by atoms with E-state index in [0.717, 1.165) is 0 Å². The number of carbonyl (C=O) groups is 1. The van der Waals surface area contributed by atoms with Gasteiger partial charge in [-0.25, -0.2) is 0 Å². The molecule has 0 aliphatic carbocycles. The number of esters is 1. The number of nitrogens with two attached hydrogens (primary N) is 1. The fourth-order valence-corrected chi connectivity index (χ4v) is 0.635. The summed E-state index contributed by atoms with van der Waals surface area (Å²) in [6.45, 7) is -0.492. The lowest BCUT2D eigenvalue weighted by molar-refractivity contribution is -0.902. The summed E-state index contributed by atoms with van der Waals surface area (Å²) in [7, 11) is 3.36. The van der Waals surface area contributed by atoms with E-state index in [0.29, 0.717) is 6.54 Å². The zero-order valence-corrected chi connectivity index (χ0v) is 10.9. The first kappa shape index (κ1) is 21.2. The predicted molar refractivity (Wildman–Crippen MR) is 56.2 cm³/mol. The predicted octanol–water partition coefficient (Wildman–Crippen LogP) is -3.72. The maximum absolute atomic E-state index is 12.3. The Kier molecular flexibility index (Phi) is 13.3. The van der Waals surface area contributed by atoms with E-state index in [1.807, 2.05) is 0 Å². The maximum Gasteiger partial charge on any atom is 0.325 e. The molecule has 0 radical (unpaired) electrons. The fraction of sp³-hybridized carbons (Fsp3) is 0.875. The van der Waals surface area contributed by atoms with Crippen LogP contribution in [0.5, 0.6) is 0 Å². The Morgan fingerprint density at radius 2 is 2.06 bits per heavy atom. The Morgan fingerprint density at radius 3 is 2.44 bits per heavy atom. The molecule has 0 saturated carbocycles. The van der Waals surface area contributed by atoms with Gasteiger partial charge in [-0.1, -0.05) is 0 Å². The first-order valence-corrected chi connectivity index (χ1v) is 4.34. The average Bonchev–Trinajstić information content (AvgIpc) is 2.16. The van der Waals surface area contributed by atoms with Crippen molar-refractivity contribution in [2.45, 2.75) is 6.04 Å². The minimum Gasteiger partial charge on any atom is -1.00 e.